The van der Waals surface area contributed by atoms with E-state index in [0.717, 1.165) is 16.7 Å². The molecule has 0 bridgehead atoms. The summed E-state index contributed by atoms with van der Waals surface area (Å²) in [4.78, 5) is 25.8. The van der Waals surface area contributed by atoms with Gasteiger partial charge in [0.2, 0.25) is 5.91 Å². The predicted molar refractivity (Wildman–Crippen MR) is 107 cm³/mol. The number of amides is 2. The van der Waals surface area contributed by atoms with Crippen molar-refractivity contribution in [2.75, 3.05) is 4.90 Å². The van der Waals surface area contributed by atoms with Crippen LogP contribution in [-0.4, -0.2) is 26.8 Å². The number of aromatic nitrogens is 3. The van der Waals surface area contributed by atoms with Gasteiger partial charge in [-0.05, 0) is 44.0 Å². The second-order valence-electron chi connectivity index (χ2n) is 6.98. The summed E-state index contributed by atoms with van der Waals surface area (Å²) in [5.74, 6) is -1.66. The number of primary amides is 1. The molecule has 1 unspecified atom stereocenters. The van der Waals surface area contributed by atoms with Gasteiger partial charge in [0.15, 0.2) is 5.69 Å². The van der Waals surface area contributed by atoms with Crippen LogP contribution < -0.4 is 10.6 Å². The van der Waals surface area contributed by atoms with Crippen LogP contribution >= 0.6 is 0 Å². The first kappa shape index (κ1) is 20.2. The summed E-state index contributed by atoms with van der Waals surface area (Å²) < 4.78 is 15.9. The number of rotatable bonds is 6. The quantitative estimate of drug-likeness (QED) is 0.694. The second-order valence-corrected chi connectivity index (χ2v) is 6.98. The highest BCUT2D eigenvalue weighted by molar-refractivity contribution is 6.05. The summed E-state index contributed by atoms with van der Waals surface area (Å²) >= 11 is 0. The molecule has 2 aromatic carbocycles. The van der Waals surface area contributed by atoms with Gasteiger partial charge in [0.25, 0.3) is 5.91 Å². The minimum Gasteiger partial charge on any atom is -0.368 e. The van der Waals surface area contributed by atoms with Gasteiger partial charge in [0, 0.05) is 0 Å². The van der Waals surface area contributed by atoms with E-state index in [9.17, 15) is 14.0 Å². The van der Waals surface area contributed by atoms with Crippen LogP contribution in [0.3, 0.4) is 0 Å². The fraction of sp³-hybridized carbons (Fsp3) is 0.238. The van der Waals surface area contributed by atoms with E-state index in [1.807, 2.05) is 45.0 Å². The molecule has 1 atom stereocenters. The van der Waals surface area contributed by atoms with Crippen LogP contribution in [-0.2, 0) is 11.3 Å². The number of hydrogen-bond acceptors (Lipinski definition) is 4. The van der Waals surface area contributed by atoms with Gasteiger partial charge in [-0.25, -0.2) is 9.07 Å². The van der Waals surface area contributed by atoms with Crippen molar-refractivity contribution >= 4 is 17.5 Å². The first-order valence-corrected chi connectivity index (χ1v) is 9.11. The Balaban J connectivity index is 2.05. The molecule has 0 radical (unpaired) electrons. The number of anilines is 1. The molecule has 1 heterocycles. The monoisotopic (exact) mass is 395 g/mol. The van der Waals surface area contributed by atoms with Gasteiger partial charge in [0.1, 0.15) is 12.4 Å². The van der Waals surface area contributed by atoms with Crippen molar-refractivity contribution in [3.8, 4) is 0 Å². The summed E-state index contributed by atoms with van der Waals surface area (Å²) in [6.07, 6.45) is 1.33. The van der Waals surface area contributed by atoms with Crippen molar-refractivity contribution in [2.24, 2.45) is 5.73 Å². The number of carbonyl (C=O) groups is 2. The van der Waals surface area contributed by atoms with Gasteiger partial charge in [-0.3, -0.25) is 14.5 Å². The van der Waals surface area contributed by atoms with E-state index in [1.165, 1.54) is 21.8 Å². The molecule has 2 N–H and O–H groups in total. The molecule has 0 fully saturated rings. The fourth-order valence-corrected chi connectivity index (χ4v) is 3.05. The number of halogens is 1. The zero-order valence-corrected chi connectivity index (χ0v) is 16.5. The third kappa shape index (κ3) is 4.48. The highest BCUT2D eigenvalue weighted by Gasteiger charge is 2.29. The predicted octanol–water partition coefficient (Wildman–Crippen LogP) is 2.93. The number of aryl methyl sites for hydroxylation is 2. The van der Waals surface area contributed by atoms with Gasteiger partial charge >= 0.3 is 0 Å². The molecule has 29 heavy (non-hydrogen) atoms. The normalized spacial score (nSPS) is 11.9. The Bertz CT molecular complexity index is 1050. The molecule has 0 saturated carbocycles. The highest BCUT2D eigenvalue weighted by Crippen LogP contribution is 2.31. The van der Waals surface area contributed by atoms with Crippen molar-refractivity contribution in [1.29, 1.82) is 0 Å². The molecule has 150 valence electrons. The van der Waals surface area contributed by atoms with Crippen LogP contribution in [0, 0.1) is 19.7 Å². The number of nitrogens with two attached hydrogens (primary N) is 1. The smallest absolute Gasteiger partial charge is 0.281 e. The Labute approximate surface area is 167 Å². The standard InChI is InChI=1S/C21H22FN5O2/c1-13-4-7-16(8-5-13)15(3)27(19-10-14(2)6-9-17(19)22)21(29)18-11-26(25-24-18)12-20(23)28/h4-11,15H,12H2,1-3H3,(H2,23,28). The van der Waals surface area contributed by atoms with Crippen molar-refractivity contribution in [3.05, 3.63) is 76.9 Å². The van der Waals surface area contributed by atoms with Gasteiger partial charge < -0.3 is 5.73 Å². The number of carbonyl (C=O) groups excluding carboxylic acids is 2. The maximum absolute atomic E-state index is 14.7. The molecule has 7 nitrogen and oxygen atoms in total. The zero-order valence-electron chi connectivity index (χ0n) is 16.5. The maximum Gasteiger partial charge on any atom is 0.281 e. The molecule has 0 spiro atoms. The lowest BCUT2D eigenvalue weighted by atomic mass is 10.0. The van der Waals surface area contributed by atoms with Crippen LogP contribution in [0.25, 0.3) is 0 Å². The topological polar surface area (TPSA) is 94.1 Å². The molecule has 0 aliphatic rings. The van der Waals surface area contributed by atoms with E-state index in [-0.39, 0.29) is 17.9 Å². The average Bonchev–Trinajstić information content (AvgIpc) is 3.13. The fourth-order valence-electron chi connectivity index (χ4n) is 3.05. The first-order chi connectivity index (χ1) is 13.8. The lowest BCUT2D eigenvalue weighted by Gasteiger charge is -2.29. The number of hydrogen-bond donors (Lipinski definition) is 1. The summed E-state index contributed by atoms with van der Waals surface area (Å²) in [5.41, 5.74) is 8.03. The van der Waals surface area contributed by atoms with E-state index in [0.29, 0.717) is 0 Å². The van der Waals surface area contributed by atoms with Crippen LogP contribution in [0.4, 0.5) is 10.1 Å². The third-order valence-corrected chi connectivity index (χ3v) is 4.60. The van der Waals surface area contributed by atoms with Gasteiger partial charge in [0.05, 0.1) is 17.9 Å². The van der Waals surface area contributed by atoms with Crippen molar-refractivity contribution in [1.82, 2.24) is 15.0 Å². The molecule has 2 amide bonds. The third-order valence-electron chi connectivity index (χ3n) is 4.60. The molecule has 3 aromatic rings. The van der Waals surface area contributed by atoms with E-state index in [4.69, 9.17) is 5.73 Å². The van der Waals surface area contributed by atoms with E-state index < -0.39 is 23.7 Å². The summed E-state index contributed by atoms with van der Waals surface area (Å²) in [6.45, 7) is 5.41. The van der Waals surface area contributed by atoms with Crippen molar-refractivity contribution in [3.63, 3.8) is 0 Å². The molecule has 1 aromatic heterocycles. The molecule has 8 heteroatoms. The second kappa shape index (κ2) is 8.22. The Morgan fingerprint density at radius 3 is 2.45 bits per heavy atom. The average molecular weight is 395 g/mol. The Hall–Kier alpha value is -3.55. The van der Waals surface area contributed by atoms with Crippen LogP contribution in [0.5, 0.6) is 0 Å². The van der Waals surface area contributed by atoms with Crippen molar-refractivity contribution < 1.29 is 14.0 Å². The molecule has 0 aliphatic carbocycles. The minimum absolute atomic E-state index is 0.00822. The highest BCUT2D eigenvalue weighted by atomic mass is 19.1. The zero-order chi connectivity index (χ0) is 21.1. The van der Waals surface area contributed by atoms with Gasteiger partial charge in [-0.1, -0.05) is 41.1 Å². The summed E-state index contributed by atoms with van der Waals surface area (Å²) in [7, 11) is 0. The largest absolute Gasteiger partial charge is 0.368 e. The molecule has 3 rings (SSSR count). The number of nitrogens with zero attached hydrogens (tertiary/aromatic N) is 4. The lowest BCUT2D eigenvalue weighted by molar-refractivity contribution is -0.118. The lowest BCUT2D eigenvalue weighted by Crippen LogP contribution is -2.34. The van der Waals surface area contributed by atoms with E-state index in [1.54, 1.807) is 12.1 Å². The minimum atomic E-state index is -0.608. The van der Waals surface area contributed by atoms with Gasteiger partial charge in [-0.15, -0.1) is 5.10 Å². The molecular weight excluding hydrogens is 373 g/mol. The van der Waals surface area contributed by atoms with Crippen LogP contribution in [0.1, 0.15) is 40.1 Å². The Morgan fingerprint density at radius 1 is 1.14 bits per heavy atom. The summed E-state index contributed by atoms with van der Waals surface area (Å²) in [5, 5.41) is 7.61. The molecule has 0 saturated heterocycles. The first-order valence-electron chi connectivity index (χ1n) is 9.11. The number of benzene rings is 2. The Kier molecular flexibility index (Phi) is 5.72. The molecule has 0 aliphatic heterocycles. The van der Waals surface area contributed by atoms with Crippen LogP contribution in [0.15, 0.2) is 48.7 Å². The van der Waals surface area contributed by atoms with E-state index in [2.05, 4.69) is 10.3 Å². The Morgan fingerprint density at radius 2 is 1.79 bits per heavy atom. The van der Waals surface area contributed by atoms with Gasteiger partial charge in [-0.2, -0.15) is 0 Å². The van der Waals surface area contributed by atoms with E-state index >= 15 is 0 Å². The van der Waals surface area contributed by atoms with Crippen molar-refractivity contribution in [2.45, 2.75) is 33.4 Å². The van der Waals surface area contributed by atoms with Crippen LogP contribution in [0.2, 0.25) is 0 Å². The molecular formula is C21H22FN5O2. The SMILES string of the molecule is Cc1ccc(C(C)N(C(=O)c2cn(CC(N)=O)nn2)c2cc(C)ccc2F)cc1. The summed E-state index contributed by atoms with van der Waals surface area (Å²) in [6, 6.07) is 11.8. The maximum atomic E-state index is 14.7.